The molecule has 0 aliphatic heterocycles. The average molecular weight is 346 g/mol. The number of rotatable bonds is 5. The van der Waals surface area contributed by atoms with Gasteiger partial charge in [-0.15, -0.1) is 0 Å². The number of carbonyl (C=O) groups excluding carboxylic acids is 1. The van der Waals surface area contributed by atoms with Gasteiger partial charge in [-0.25, -0.2) is 9.97 Å². The molecule has 2 aromatic carbocycles. The second kappa shape index (κ2) is 7.78. The van der Waals surface area contributed by atoms with Crippen molar-refractivity contribution in [1.29, 1.82) is 0 Å². The molecule has 0 spiro atoms. The van der Waals surface area contributed by atoms with E-state index in [1.165, 1.54) is 0 Å². The van der Waals surface area contributed by atoms with Gasteiger partial charge in [0, 0.05) is 30.3 Å². The van der Waals surface area contributed by atoms with Crippen molar-refractivity contribution >= 4 is 23.2 Å². The molecule has 0 bridgehead atoms. The number of anilines is 3. The zero-order valence-corrected chi connectivity index (χ0v) is 15.2. The van der Waals surface area contributed by atoms with Crippen LogP contribution in [0.3, 0.4) is 0 Å². The molecule has 0 fully saturated rings. The van der Waals surface area contributed by atoms with E-state index >= 15 is 0 Å². The molecule has 0 saturated heterocycles. The molecule has 0 atom stereocenters. The molecule has 0 unspecified atom stereocenters. The molecule has 0 saturated carbocycles. The molecule has 132 valence electrons. The van der Waals surface area contributed by atoms with Gasteiger partial charge < -0.3 is 10.2 Å². The minimum absolute atomic E-state index is 0.215. The summed E-state index contributed by atoms with van der Waals surface area (Å²) >= 11 is 0. The van der Waals surface area contributed by atoms with E-state index in [-0.39, 0.29) is 5.91 Å². The topological polar surface area (TPSA) is 58.1 Å². The number of para-hydroxylation sites is 1. The van der Waals surface area contributed by atoms with Crippen molar-refractivity contribution in [2.45, 2.75) is 20.8 Å². The lowest BCUT2D eigenvalue weighted by Gasteiger charge is -2.20. The fourth-order valence-corrected chi connectivity index (χ4v) is 2.69. The predicted molar refractivity (Wildman–Crippen MR) is 105 cm³/mol. The smallest absolute Gasteiger partial charge is 0.258 e. The first kappa shape index (κ1) is 17.6. The number of aromatic nitrogens is 2. The van der Waals surface area contributed by atoms with E-state index in [2.05, 4.69) is 15.3 Å². The molecule has 1 heterocycles. The van der Waals surface area contributed by atoms with Gasteiger partial charge >= 0.3 is 0 Å². The molecular weight excluding hydrogens is 324 g/mol. The highest BCUT2D eigenvalue weighted by atomic mass is 16.1. The van der Waals surface area contributed by atoms with Crippen LogP contribution < -0.4 is 10.2 Å². The summed E-state index contributed by atoms with van der Waals surface area (Å²) in [5, 5.41) is 2.93. The fourth-order valence-electron chi connectivity index (χ4n) is 2.69. The summed E-state index contributed by atoms with van der Waals surface area (Å²) in [7, 11) is 0. The molecule has 0 aliphatic rings. The third kappa shape index (κ3) is 3.88. The van der Waals surface area contributed by atoms with Crippen LogP contribution in [0.15, 0.2) is 60.9 Å². The monoisotopic (exact) mass is 346 g/mol. The number of hydrogen-bond donors (Lipinski definition) is 1. The second-order valence-corrected chi connectivity index (χ2v) is 6.12. The Hall–Kier alpha value is -3.21. The van der Waals surface area contributed by atoms with Crippen LogP contribution in [0.4, 0.5) is 17.3 Å². The highest BCUT2D eigenvalue weighted by molar-refractivity contribution is 6.04. The summed E-state index contributed by atoms with van der Waals surface area (Å²) < 4.78 is 0. The van der Waals surface area contributed by atoms with Crippen LogP contribution in [0.25, 0.3) is 0 Å². The quantitative estimate of drug-likeness (QED) is 0.739. The summed E-state index contributed by atoms with van der Waals surface area (Å²) in [4.78, 5) is 23.3. The lowest BCUT2D eigenvalue weighted by molar-refractivity contribution is 0.102. The number of nitrogens with one attached hydrogen (secondary N) is 1. The van der Waals surface area contributed by atoms with Gasteiger partial charge in [0.1, 0.15) is 0 Å². The first-order valence-electron chi connectivity index (χ1n) is 8.61. The maximum atomic E-state index is 12.5. The Morgan fingerprint density at radius 1 is 1.04 bits per heavy atom. The van der Waals surface area contributed by atoms with Crippen molar-refractivity contribution in [1.82, 2.24) is 9.97 Å². The second-order valence-electron chi connectivity index (χ2n) is 6.12. The molecule has 26 heavy (non-hydrogen) atoms. The van der Waals surface area contributed by atoms with Crippen molar-refractivity contribution < 1.29 is 4.79 Å². The van der Waals surface area contributed by atoms with Crippen LogP contribution in [-0.2, 0) is 0 Å². The first-order chi connectivity index (χ1) is 12.6. The van der Waals surface area contributed by atoms with Crippen molar-refractivity contribution in [3.63, 3.8) is 0 Å². The predicted octanol–water partition coefficient (Wildman–Crippen LogP) is 4.50. The Morgan fingerprint density at radius 3 is 2.38 bits per heavy atom. The molecule has 5 heteroatoms. The molecule has 1 N–H and O–H groups in total. The third-order valence-corrected chi connectivity index (χ3v) is 4.17. The van der Waals surface area contributed by atoms with E-state index in [1.807, 2.05) is 74.2 Å². The highest BCUT2D eigenvalue weighted by Crippen LogP contribution is 2.21. The summed E-state index contributed by atoms with van der Waals surface area (Å²) in [6, 6.07) is 15.9. The van der Waals surface area contributed by atoms with E-state index < -0.39 is 0 Å². The summed E-state index contributed by atoms with van der Waals surface area (Å²) in [6.07, 6.45) is 3.13. The first-order valence-corrected chi connectivity index (χ1v) is 8.61. The Balaban J connectivity index is 1.78. The van der Waals surface area contributed by atoms with Gasteiger partial charge in [-0.1, -0.05) is 30.3 Å². The molecule has 1 aromatic heterocycles. The summed E-state index contributed by atoms with van der Waals surface area (Å²) in [5.41, 5.74) is 4.36. The fraction of sp³-hybridized carbons (Fsp3) is 0.190. The van der Waals surface area contributed by atoms with Gasteiger partial charge in [0.05, 0.1) is 5.56 Å². The van der Waals surface area contributed by atoms with Crippen LogP contribution in [0.5, 0.6) is 0 Å². The molecule has 0 radical (unpaired) electrons. The van der Waals surface area contributed by atoms with Gasteiger partial charge in [0.15, 0.2) is 0 Å². The highest BCUT2D eigenvalue weighted by Gasteiger charge is 2.13. The van der Waals surface area contributed by atoms with E-state index in [9.17, 15) is 4.79 Å². The van der Waals surface area contributed by atoms with Gasteiger partial charge in [-0.3, -0.25) is 4.79 Å². The Kier molecular flexibility index (Phi) is 5.27. The molecule has 3 aromatic rings. The number of amides is 1. The van der Waals surface area contributed by atoms with Gasteiger partial charge in [-0.2, -0.15) is 0 Å². The number of aryl methyl sites for hydroxylation is 2. The summed E-state index contributed by atoms with van der Waals surface area (Å²) in [5.74, 6) is 0.356. The lowest BCUT2D eigenvalue weighted by atomic mass is 10.1. The van der Waals surface area contributed by atoms with E-state index in [0.717, 1.165) is 29.0 Å². The SMILES string of the molecule is CCN(c1ccccc1)c1ncc(C(=O)Nc2cc(C)ccc2C)cn1. The van der Waals surface area contributed by atoms with Crippen LogP contribution in [-0.4, -0.2) is 22.4 Å². The maximum Gasteiger partial charge on any atom is 0.258 e. The summed E-state index contributed by atoms with van der Waals surface area (Å²) in [6.45, 7) is 6.74. The Morgan fingerprint density at radius 2 is 1.73 bits per heavy atom. The minimum atomic E-state index is -0.215. The standard InChI is InChI=1S/C21H22N4O/c1-4-25(18-8-6-5-7-9-18)21-22-13-17(14-23-21)20(26)24-19-12-15(2)10-11-16(19)3/h5-14H,4H2,1-3H3,(H,24,26). The number of benzene rings is 2. The maximum absolute atomic E-state index is 12.5. The Bertz CT molecular complexity index is 892. The third-order valence-electron chi connectivity index (χ3n) is 4.17. The zero-order valence-electron chi connectivity index (χ0n) is 15.2. The van der Waals surface area contributed by atoms with Crippen LogP contribution >= 0.6 is 0 Å². The van der Waals surface area contributed by atoms with Gasteiger partial charge in [0.2, 0.25) is 5.95 Å². The van der Waals surface area contributed by atoms with Crippen LogP contribution in [0, 0.1) is 13.8 Å². The van der Waals surface area contributed by atoms with Gasteiger partial charge in [0.25, 0.3) is 5.91 Å². The minimum Gasteiger partial charge on any atom is -0.322 e. The average Bonchev–Trinajstić information content (AvgIpc) is 2.67. The molecule has 0 aliphatic carbocycles. The van der Waals surface area contributed by atoms with Crippen molar-refractivity contribution in [3.8, 4) is 0 Å². The lowest BCUT2D eigenvalue weighted by Crippen LogP contribution is -2.20. The van der Waals surface area contributed by atoms with Crippen LogP contribution in [0.2, 0.25) is 0 Å². The van der Waals surface area contributed by atoms with Crippen molar-refractivity contribution in [3.05, 3.63) is 77.6 Å². The van der Waals surface area contributed by atoms with E-state index in [1.54, 1.807) is 12.4 Å². The Labute approximate surface area is 153 Å². The van der Waals surface area contributed by atoms with Crippen molar-refractivity contribution in [2.24, 2.45) is 0 Å². The van der Waals surface area contributed by atoms with E-state index in [0.29, 0.717) is 11.5 Å². The van der Waals surface area contributed by atoms with Crippen LogP contribution in [0.1, 0.15) is 28.4 Å². The van der Waals surface area contributed by atoms with Gasteiger partial charge in [-0.05, 0) is 50.1 Å². The molecule has 5 nitrogen and oxygen atoms in total. The molecular formula is C21H22N4O. The molecule has 3 rings (SSSR count). The zero-order chi connectivity index (χ0) is 18.5. The largest absolute Gasteiger partial charge is 0.322 e. The number of carbonyl (C=O) groups is 1. The normalized spacial score (nSPS) is 10.4. The van der Waals surface area contributed by atoms with E-state index in [4.69, 9.17) is 0 Å². The number of nitrogens with zero attached hydrogens (tertiary/aromatic N) is 3. The molecule has 1 amide bonds. The van der Waals surface area contributed by atoms with Crippen molar-refractivity contribution in [2.75, 3.05) is 16.8 Å². The number of hydrogen-bond acceptors (Lipinski definition) is 4.